The van der Waals surface area contributed by atoms with Gasteiger partial charge in [0, 0.05) is 19.7 Å². The number of carbonyl (C=O) groups excluding carboxylic acids is 1. The Balaban J connectivity index is 2.49. The van der Waals surface area contributed by atoms with Crippen molar-refractivity contribution in [3.63, 3.8) is 0 Å². The van der Waals surface area contributed by atoms with Gasteiger partial charge in [-0.2, -0.15) is 0 Å². The lowest BCUT2D eigenvalue weighted by molar-refractivity contribution is -0.139. The van der Waals surface area contributed by atoms with Gasteiger partial charge in [0.25, 0.3) is 0 Å². The van der Waals surface area contributed by atoms with E-state index in [-0.39, 0.29) is 12.1 Å². The highest BCUT2D eigenvalue weighted by Gasteiger charge is 2.27. The molecule has 1 rings (SSSR count). The Morgan fingerprint density at radius 3 is 2.79 bits per heavy atom. The topological polar surface area (TPSA) is 78.9 Å². The number of carbonyl (C=O) groups is 2. The normalized spacial score (nSPS) is 20.9. The van der Waals surface area contributed by atoms with Crippen molar-refractivity contribution < 1.29 is 19.4 Å². The van der Waals surface area contributed by atoms with Crippen molar-refractivity contribution in [2.45, 2.75) is 51.7 Å². The molecule has 0 aromatic heterocycles. The van der Waals surface area contributed by atoms with E-state index in [1.165, 1.54) is 0 Å². The number of hydrogen-bond acceptors (Lipinski definition) is 3. The van der Waals surface area contributed by atoms with Gasteiger partial charge in [0.1, 0.15) is 6.04 Å². The molecule has 1 unspecified atom stereocenters. The molecule has 2 amide bonds. The third kappa shape index (κ3) is 5.06. The first-order valence-electron chi connectivity index (χ1n) is 6.98. The number of hydrogen-bond donors (Lipinski definition) is 2. The minimum atomic E-state index is -0.978. The molecular weight excluding hydrogens is 248 g/mol. The lowest BCUT2D eigenvalue weighted by Gasteiger charge is -2.33. The highest BCUT2D eigenvalue weighted by atomic mass is 16.5. The van der Waals surface area contributed by atoms with E-state index in [1.54, 1.807) is 4.90 Å². The fourth-order valence-electron chi connectivity index (χ4n) is 2.28. The molecule has 2 atom stereocenters. The Kier molecular flexibility index (Phi) is 6.62. The van der Waals surface area contributed by atoms with Crippen molar-refractivity contribution in [2.24, 2.45) is 0 Å². The second kappa shape index (κ2) is 7.99. The Morgan fingerprint density at radius 2 is 2.21 bits per heavy atom. The van der Waals surface area contributed by atoms with Gasteiger partial charge in [-0.15, -0.1) is 0 Å². The molecule has 0 saturated carbocycles. The Morgan fingerprint density at radius 1 is 1.47 bits per heavy atom. The molecule has 2 N–H and O–H groups in total. The standard InChI is InChI=1S/C13H24N2O4/c1-3-6-11(12(16)17)14-13(18)15-8-5-7-10(9-15)19-4-2/h10-11H,3-9H2,1-2H3,(H,14,18)(H,16,17)/t10?,11-/m0/s1. The number of aliphatic carboxylic acids is 1. The predicted octanol–water partition coefficient (Wildman–Crippen LogP) is 1.45. The molecule has 6 heteroatoms. The summed E-state index contributed by atoms with van der Waals surface area (Å²) in [6.45, 7) is 5.66. The summed E-state index contributed by atoms with van der Waals surface area (Å²) in [4.78, 5) is 24.7. The van der Waals surface area contributed by atoms with Crippen molar-refractivity contribution >= 4 is 12.0 Å². The number of carboxylic acids is 1. The highest BCUT2D eigenvalue weighted by molar-refractivity contribution is 5.82. The van der Waals surface area contributed by atoms with Crippen LogP contribution in [0.4, 0.5) is 4.79 Å². The number of nitrogens with one attached hydrogen (secondary N) is 1. The molecule has 1 aliphatic heterocycles. The third-order valence-electron chi connectivity index (χ3n) is 3.24. The first-order valence-corrected chi connectivity index (χ1v) is 6.98. The molecule has 0 aromatic carbocycles. The van der Waals surface area contributed by atoms with Crippen LogP contribution in [-0.4, -0.2) is 53.8 Å². The van der Waals surface area contributed by atoms with Crippen LogP contribution in [0.15, 0.2) is 0 Å². The summed E-state index contributed by atoms with van der Waals surface area (Å²) < 4.78 is 5.53. The molecule has 1 aliphatic rings. The van der Waals surface area contributed by atoms with Crippen LogP contribution in [0.25, 0.3) is 0 Å². The number of rotatable bonds is 6. The SMILES string of the molecule is CCC[C@H](NC(=O)N1CCCC(OCC)C1)C(=O)O. The zero-order valence-electron chi connectivity index (χ0n) is 11.7. The Labute approximate surface area is 114 Å². The number of amides is 2. The predicted molar refractivity (Wildman–Crippen MR) is 71.1 cm³/mol. The maximum atomic E-state index is 12.0. The fourth-order valence-corrected chi connectivity index (χ4v) is 2.28. The van der Waals surface area contributed by atoms with Crippen molar-refractivity contribution in [1.82, 2.24) is 10.2 Å². The van der Waals surface area contributed by atoms with Gasteiger partial charge in [-0.05, 0) is 26.2 Å². The fraction of sp³-hybridized carbons (Fsp3) is 0.846. The number of nitrogens with zero attached hydrogens (tertiary/aromatic N) is 1. The minimum Gasteiger partial charge on any atom is -0.480 e. The molecule has 6 nitrogen and oxygen atoms in total. The summed E-state index contributed by atoms with van der Waals surface area (Å²) in [5.74, 6) is -0.978. The molecule has 19 heavy (non-hydrogen) atoms. The summed E-state index contributed by atoms with van der Waals surface area (Å²) >= 11 is 0. The van der Waals surface area contributed by atoms with Gasteiger partial charge >= 0.3 is 12.0 Å². The van der Waals surface area contributed by atoms with E-state index in [0.717, 1.165) is 19.3 Å². The van der Waals surface area contributed by atoms with Crippen molar-refractivity contribution in [1.29, 1.82) is 0 Å². The van der Waals surface area contributed by atoms with Gasteiger partial charge in [-0.3, -0.25) is 0 Å². The van der Waals surface area contributed by atoms with Crippen LogP contribution < -0.4 is 5.32 Å². The zero-order valence-corrected chi connectivity index (χ0v) is 11.7. The average molecular weight is 272 g/mol. The monoisotopic (exact) mass is 272 g/mol. The summed E-state index contributed by atoms with van der Waals surface area (Å²) in [5, 5.41) is 11.6. The quantitative estimate of drug-likeness (QED) is 0.767. The van der Waals surface area contributed by atoms with Gasteiger partial charge in [-0.1, -0.05) is 13.3 Å². The van der Waals surface area contributed by atoms with Gasteiger partial charge in [-0.25, -0.2) is 9.59 Å². The number of urea groups is 1. The smallest absolute Gasteiger partial charge is 0.326 e. The summed E-state index contributed by atoms with van der Waals surface area (Å²) in [5.41, 5.74) is 0. The van der Waals surface area contributed by atoms with E-state index in [2.05, 4.69) is 5.32 Å². The molecule has 1 fully saturated rings. The second-order valence-electron chi connectivity index (χ2n) is 4.79. The average Bonchev–Trinajstić information content (AvgIpc) is 2.38. The molecular formula is C13H24N2O4. The van der Waals surface area contributed by atoms with Crippen molar-refractivity contribution in [3.8, 4) is 0 Å². The molecule has 110 valence electrons. The van der Waals surface area contributed by atoms with Crippen LogP contribution in [0.5, 0.6) is 0 Å². The Hall–Kier alpha value is -1.30. The third-order valence-corrected chi connectivity index (χ3v) is 3.24. The van der Waals surface area contributed by atoms with Gasteiger partial charge in [0.2, 0.25) is 0 Å². The number of piperidine rings is 1. The minimum absolute atomic E-state index is 0.0685. The van der Waals surface area contributed by atoms with Gasteiger partial charge < -0.3 is 20.1 Å². The molecule has 1 saturated heterocycles. The molecule has 0 radical (unpaired) electrons. The molecule has 0 aliphatic carbocycles. The van der Waals surface area contributed by atoms with Crippen LogP contribution in [0, 0.1) is 0 Å². The van der Waals surface area contributed by atoms with Crippen molar-refractivity contribution in [2.75, 3.05) is 19.7 Å². The Bertz CT molecular complexity index is 307. The van der Waals surface area contributed by atoms with Crippen LogP contribution in [0.2, 0.25) is 0 Å². The maximum Gasteiger partial charge on any atom is 0.326 e. The highest BCUT2D eigenvalue weighted by Crippen LogP contribution is 2.13. The molecule has 1 heterocycles. The van der Waals surface area contributed by atoms with E-state index in [9.17, 15) is 9.59 Å². The molecule has 0 spiro atoms. The van der Waals surface area contributed by atoms with Gasteiger partial charge in [0.15, 0.2) is 0 Å². The first-order chi connectivity index (χ1) is 9.08. The molecule has 0 aromatic rings. The van der Waals surface area contributed by atoms with Crippen LogP contribution in [-0.2, 0) is 9.53 Å². The lowest BCUT2D eigenvalue weighted by atomic mass is 10.1. The van der Waals surface area contributed by atoms with E-state index in [0.29, 0.717) is 26.1 Å². The van der Waals surface area contributed by atoms with Crippen LogP contribution in [0.1, 0.15) is 39.5 Å². The van der Waals surface area contributed by atoms with E-state index in [4.69, 9.17) is 9.84 Å². The lowest BCUT2D eigenvalue weighted by Crippen LogP contribution is -2.52. The van der Waals surface area contributed by atoms with E-state index >= 15 is 0 Å². The zero-order chi connectivity index (χ0) is 14.3. The first kappa shape index (κ1) is 15.8. The summed E-state index contributed by atoms with van der Waals surface area (Å²) in [7, 11) is 0. The number of ether oxygens (including phenoxy) is 1. The summed E-state index contributed by atoms with van der Waals surface area (Å²) in [6, 6.07) is -1.10. The number of likely N-dealkylation sites (tertiary alicyclic amines) is 1. The largest absolute Gasteiger partial charge is 0.480 e. The van der Waals surface area contributed by atoms with Crippen LogP contribution >= 0.6 is 0 Å². The number of carboxylic acid groups (broad SMARTS) is 1. The van der Waals surface area contributed by atoms with Crippen LogP contribution in [0.3, 0.4) is 0 Å². The van der Waals surface area contributed by atoms with E-state index in [1.807, 2.05) is 13.8 Å². The molecule has 0 bridgehead atoms. The summed E-state index contributed by atoms with van der Waals surface area (Å²) in [6.07, 6.45) is 3.08. The van der Waals surface area contributed by atoms with E-state index < -0.39 is 12.0 Å². The van der Waals surface area contributed by atoms with Crippen molar-refractivity contribution in [3.05, 3.63) is 0 Å². The van der Waals surface area contributed by atoms with Gasteiger partial charge in [0.05, 0.1) is 6.10 Å². The maximum absolute atomic E-state index is 12.0. The second-order valence-corrected chi connectivity index (χ2v) is 4.79.